The number of para-hydroxylation sites is 1. The number of hydrogen-bond donors (Lipinski definition) is 3. The topological polar surface area (TPSA) is 67.2 Å². The zero-order valence-corrected chi connectivity index (χ0v) is 14.6. The summed E-state index contributed by atoms with van der Waals surface area (Å²) >= 11 is 1.68. The van der Waals surface area contributed by atoms with Gasteiger partial charge >= 0.3 is 0 Å². The molecule has 5 heteroatoms. The number of hydrogen-bond acceptors (Lipinski definition) is 4. The number of amides is 1. The molecule has 0 atom stereocenters. The summed E-state index contributed by atoms with van der Waals surface area (Å²) in [4.78, 5) is 14.0. The van der Waals surface area contributed by atoms with Crippen molar-refractivity contribution in [1.82, 2.24) is 5.32 Å². The van der Waals surface area contributed by atoms with E-state index in [1.165, 1.54) is 4.90 Å². The average Bonchev–Trinajstić information content (AvgIpc) is 2.65. The van der Waals surface area contributed by atoms with E-state index in [1.807, 2.05) is 42.5 Å². The van der Waals surface area contributed by atoms with Crippen molar-refractivity contribution in [2.75, 3.05) is 18.1 Å². The Morgan fingerprint density at radius 3 is 2.36 bits per heavy atom. The van der Waals surface area contributed by atoms with E-state index in [0.29, 0.717) is 11.3 Å². The number of anilines is 3. The molecule has 0 bridgehead atoms. The van der Waals surface area contributed by atoms with Gasteiger partial charge in [0.2, 0.25) is 0 Å². The van der Waals surface area contributed by atoms with Gasteiger partial charge in [-0.2, -0.15) is 0 Å². The van der Waals surface area contributed by atoms with Crippen molar-refractivity contribution in [2.24, 2.45) is 0 Å². The van der Waals surface area contributed by atoms with E-state index in [-0.39, 0.29) is 5.91 Å². The number of nitrogens with two attached hydrogens (primary N) is 1. The summed E-state index contributed by atoms with van der Waals surface area (Å²) in [6.45, 7) is 0. The molecular weight excluding hydrogens is 330 g/mol. The fraction of sp³-hybridized carbons (Fsp3) is 0.0500. The van der Waals surface area contributed by atoms with Crippen LogP contribution in [0.5, 0.6) is 0 Å². The lowest BCUT2D eigenvalue weighted by molar-refractivity contribution is 0.0963. The first kappa shape index (κ1) is 16.9. The predicted molar refractivity (Wildman–Crippen MR) is 105 cm³/mol. The summed E-state index contributed by atoms with van der Waals surface area (Å²) in [7, 11) is 1.60. The van der Waals surface area contributed by atoms with Gasteiger partial charge in [-0.25, -0.2) is 0 Å². The molecule has 3 aromatic carbocycles. The SMILES string of the molecule is CNC(=O)c1ccc(Nc2ccccc2Sc2ccccc2)c(N)c1. The Bertz CT molecular complexity index is 881. The number of carbonyl (C=O) groups excluding carboxylic acids is 1. The molecule has 4 nitrogen and oxygen atoms in total. The van der Waals surface area contributed by atoms with E-state index in [2.05, 4.69) is 28.8 Å². The van der Waals surface area contributed by atoms with Gasteiger partial charge in [0, 0.05) is 22.4 Å². The van der Waals surface area contributed by atoms with Crippen LogP contribution in [0, 0.1) is 0 Å². The molecule has 0 fully saturated rings. The summed E-state index contributed by atoms with van der Waals surface area (Å²) in [6.07, 6.45) is 0. The number of nitrogens with one attached hydrogen (secondary N) is 2. The highest BCUT2D eigenvalue weighted by atomic mass is 32.2. The standard InChI is InChI=1S/C20H19N3OS/c1-22-20(24)14-11-12-17(16(21)13-14)23-18-9-5-6-10-19(18)25-15-7-3-2-4-8-15/h2-13,23H,21H2,1H3,(H,22,24). The van der Waals surface area contributed by atoms with Gasteiger partial charge in [-0.15, -0.1) is 0 Å². The van der Waals surface area contributed by atoms with Crippen LogP contribution in [0.4, 0.5) is 17.1 Å². The van der Waals surface area contributed by atoms with Crippen molar-refractivity contribution in [3.63, 3.8) is 0 Å². The lowest BCUT2D eigenvalue weighted by Gasteiger charge is -2.14. The van der Waals surface area contributed by atoms with Crippen molar-refractivity contribution >= 4 is 34.7 Å². The second-order valence-corrected chi connectivity index (χ2v) is 6.53. The minimum Gasteiger partial charge on any atom is -0.397 e. The highest BCUT2D eigenvalue weighted by Crippen LogP contribution is 2.35. The quantitative estimate of drug-likeness (QED) is 0.592. The fourth-order valence-corrected chi connectivity index (χ4v) is 3.30. The summed E-state index contributed by atoms with van der Waals surface area (Å²) in [5, 5.41) is 5.96. The molecule has 3 rings (SSSR count). The molecule has 0 aliphatic carbocycles. The minimum absolute atomic E-state index is 0.154. The molecule has 126 valence electrons. The first-order valence-corrected chi connectivity index (χ1v) is 8.69. The fourth-order valence-electron chi connectivity index (χ4n) is 2.38. The summed E-state index contributed by atoms with van der Waals surface area (Å²) in [6, 6.07) is 23.5. The Labute approximate surface area is 151 Å². The normalized spacial score (nSPS) is 10.3. The van der Waals surface area contributed by atoms with Crippen molar-refractivity contribution in [1.29, 1.82) is 0 Å². The maximum atomic E-state index is 11.7. The molecule has 0 heterocycles. The van der Waals surface area contributed by atoms with E-state index in [4.69, 9.17) is 5.73 Å². The highest BCUT2D eigenvalue weighted by Gasteiger charge is 2.09. The van der Waals surface area contributed by atoms with Gasteiger partial charge in [-0.3, -0.25) is 4.79 Å². The third kappa shape index (κ3) is 4.14. The van der Waals surface area contributed by atoms with Gasteiger partial charge < -0.3 is 16.4 Å². The Morgan fingerprint density at radius 2 is 1.64 bits per heavy atom. The van der Waals surface area contributed by atoms with Crippen molar-refractivity contribution in [3.8, 4) is 0 Å². The zero-order valence-electron chi connectivity index (χ0n) is 13.8. The third-order valence-corrected chi connectivity index (χ3v) is 4.75. The van der Waals surface area contributed by atoms with Crippen LogP contribution in [0.1, 0.15) is 10.4 Å². The van der Waals surface area contributed by atoms with Crippen LogP contribution < -0.4 is 16.4 Å². The Balaban J connectivity index is 1.85. The summed E-state index contributed by atoms with van der Waals surface area (Å²) in [5.74, 6) is -0.154. The van der Waals surface area contributed by atoms with Crippen LogP contribution in [0.25, 0.3) is 0 Å². The Morgan fingerprint density at radius 1 is 0.920 bits per heavy atom. The van der Waals surface area contributed by atoms with E-state index >= 15 is 0 Å². The zero-order chi connectivity index (χ0) is 17.6. The average molecular weight is 349 g/mol. The van der Waals surface area contributed by atoms with Gasteiger partial charge in [0.1, 0.15) is 0 Å². The smallest absolute Gasteiger partial charge is 0.251 e. The Hall–Kier alpha value is -2.92. The molecule has 4 N–H and O–H groups in total. The van der Waals surface area contributed by atoms with Gasteiger partial charge in [-0.1, -0.05) is 42.1 Å². The van der Waals surface area contributed by atoms with Crippen LogP contribution in [-0.2, 0) is 0 Å². The van der Waals surface area contributed by atoms with Crippen molar-refractivity contribution in [3.05, 3.63) is 78.4 Å². The van der Waals surface area contributed by atoms with Crippen LogP contribution in [0.2, 0.25) is 0 Å². The molecule has 0 saturated heterocycles. The summed E-state index contributed by atoms with van der Waals surface area (Å²) < 4.78 is 0. The molecule has 0 aliphatic rings. The van der Waals surface area contributed by atoms with Crippen LogP contribution in [0.15, 0.2) is 82.6 Å². The molecule has 0 radical (unpaired) electrons. The van der Waals surface area contributed by atoms with E-state index in [0.717, 1.165) is 16.3 Å². The maximum absolute atomic E-state index is 11.7. The van der Waals surface area contributed by atoms with Crippen LogP contribution in [0.3, 0.4) is 0 Å². The first-order chi connectivity index (χ1) is 12.2. The predicted octanol–water partition coefficient (Wildman–Crippen LogP) is 4.52. The van der Waals surface area contributed by atoms with Gasteiger partial charge in [0.25, 0.3) is 5.91 Å². The molecular formula is C20H19N3OS. The molecule has 1 amide bonds. The largest absolute Gasteiger partial charge is 0.397 e. The van der Waals surface area contributed by atoms with Gasteiger partial charge in [0.05, 0.1) is 17.1 Å². The molecule has 0 aliphatic heterocycles. The molecule has 0 aromatic heterocycles. The molecule has 3 aromatic rings. The number of nitrogen functional groups attached to an aromatic ring is 1. The third-order valence-electron chi connectivity index (χ3n) is 3.67. The number of rotatable bonds is 5. The van der Waals surface area contributed by atoms with Gasteiger partial charge in [0.15, 0.2) is 0 Å². The minimum atomic E-state index is -0.154. The van der Waals surface area contributed by atoms with E-state index < -0.39 is 0 Å². The monoisotopic (exact) mass is 349 g/mol. The first-order valence-electron chi connectivity index (χ1n) is 7.88. The van der Waals surface area contributed by atoms with Crippen LogP contribution in [-0.4, -0.2) is 13.0 Å². The number of benzene rings is 3. The van der Waals surface area contributed by atoms with Crippen molar-refractivity contribution in [2.45, 2.75) is 9.79 Å². The maximum Gasteiger partial charge on any atom is 0.251 e. The lowest BCUT2D eigenvalue weighted by Crippen LogP contribution is -2.18. The Kier molecular flexibility index (Phi) is 5.26. The molecule has 0 unspecified atom stereocenters. The van der Waals surface area contributed by atoms with Gasteiger partial charge in [-0.05, 0) is 42.5 Å². The van der Waals surface area contributed by atoms with Crippen molar-refractivity contribution < 1.29 is 4.79 Å². The lowest BCUT2D eigenvalue weighted by atomic mass is 10.1. The summed E-state index contributed by atoms with van der Waals surface area (Å²) in [5.41, 5.74) is 8.92. The molecule has 25 heavy (non-hydrogen) atoms. The second-order valence-electron chi connectivity index (χ2n) is 5.42. The van der Waals surface area contributed by atoms with E-state index in [1.54, 1.807) is 30.9 Å². The number of carbonyl (C=O) groups is 1. The van der Waals surface area contributed by atoms with Crippen LogP contribution >= 0.6 is 11.8 Å². The highest BCUT2D eigenvalue weighted by molar-refractivity contribution is 7.99. The molecule has 0 spiro atoms. The van der Waals surface area contributed by atoms with E-state index in [9.17, 15) is 4.79 Å². The second kappa shape index (κ2) is 7.77. The molecule has 0 saturated carbocycles.